The maximum absolute atomic E-state index is 12.9. The second-order valence-electron chi connectivity index (χ2n) is 9.30. The lowest BCUT2D eigenvalue weighted by molar-refractivity contribution is -0.122. The number of phenolic OH excluding ortho intramolecular Hbond substituents is 2. The van der Waals surface area contributed by atoms with Gasteiger partial charge in [-0.1, -0.05) is 33.4 Å². The van der Waals surface area contributed by atoms with Gasteiger partial charge in [0.05, 0.1) is 10.8 Å². The molecular weight excluding hydrogens is 392 g/mol. The number of rotatable bonds is 4. The molecule has 0 radical (unpaired) electrons. The van der Waals surface area contributed by atoms with Gasteiger partial charge in [-0.25, -0.2) is 0 Å². The van der Waals surface area contributed by atoms with Crippen LogP contribution in [0.5, 0.6) is 11.5 Å². The molecule has 2 aromatic rings. The molecule has 1 aliphatic rings. The second kappa shape index (κ2) is 7.76. The number of allylic oxidation sites excluding steroid dienone is 2. The second-order valence-corrected chi connectivity index (χ2v) is 9.30. The summed E-state index contributed by atoms with van der Waals surface area (Å²) in [7, 11) is 0. The predicted octanol–water partition coefficient (Wildman–Crippen LogP) is 2.80. The lowest BCUT2D eigenvalue weighted by Crippen LogP contribution is -2.34. The molecule has 3 rings (SSSR count). The lowest BCUT2D eigenvalue weighted by atomic mass is 9.92. The molecule has 0 saturated heterocycles. The molecule has 0 atom stereocenters. The third-order valence-electron chi connectivity index (χ3n) is 5.72. The Morgan fingerprint density at radius 1 is 1.13 bits per heavy atom. The van der Waals surface area contributed by atoms with Gasteiger partial charge in [-0.3, -0.25) is 14.2 Å². The molecule has 0 bridgehead atoms. The molecule has 1 aliphatic carbocycles. The fourth-order valence-corrected chi connectivity index (χ4v) is 3.79. The SMILES string of the molecule is C=c1cc(C(C)(C)C)n(C(C)=O)/c1=C/C=C(\C)NC(=O)C1(c2ccc(O)c(O)c2)CC1. The van der Waals surface area contributed by atoms with Crippen molar-refractivity contribution >= 4 is 24.5 Å². The summed E-state index contributed by atoms with van der Waals surface area (Å²) in [5, 5.41) is 23.7. The van der Waals surface area contributed by atoms with Gasteiger partial charge in [0.25, 0.3) is 0 Å². The number of carbonyl (C=O) groups excluding carboxylic acids is 2. The number of hydrogen-bond acceptors (Lipinski definition) is 4. The Bertz CT molecular complexity index is 1190. The first-order valence-corrected chi connectivity index (χ1v) is 10.3. The Hall–Kier alpha value is -3.28. The van der Waals surface area contributed by atoms with Crippen molar-refractivity contribution in [3.63, 3.8) is 0 Å². The van der Waals surface area contributed by atoms with Gasteiger partial charge < -0.3 is 15.5 Å². The van der Waals surface area contributed by atoms with Crippen molar-refractivity contribution in [2.45, 2.75) is 58.3 Å². The molecule has 6 heteroatoms. The van der Waals surface area contributed by atoms with Crippen molar-refractivity contribution in [2.24, 2.45) is 0 Å². The third-order valence-corrected chi connectivity index (χ3v) is 5.72. The van der Waals surface area contributed by atoms with Crippen LogP contribution in [0.15, 0.2) is 36.0 Å². The zero-order valence-corrected chi connectivity index (χ0v) is 18.7. The fourth-order valence-electron chi connectivity index (χ4n) is 3.79. The molecule has 31 heavy (non-hydrogen) atoms. The van der Waals surface area contributed by atoms with E-state index < -0.39 is 5.41 Å². The molecule has 0 unspecified atom stereocenters. The quantitative estimate of drug-likeness (QED) is 0.661. The average molecular weight is 423 g/mol. The van der Waals surface area contributed by atoms with Crippen LogP contribution in [0.4, 0.5) is 0 Å². The van der Waals surface area contributed by atoms with Crippen LogP contribution in [0.25, 0.3) is 12.7 Å². The smallest absolute Gasteiger partial charge is 0.234 e. The number of nitrogens with zero attached hydrogens (tertiary/aromatic N) is 1. The molecule has 1 aromatic carbocycles. The van der Waals surface area contributed by atoms with E-state index in [9.17, 15) is 19.8 Å². The lowest BCUT2D eigenvalue weighted by Gasteiger charge is -2.20. The van der Waals surface area contributed by atoms with Gasteiger partial charge in [0.15, 0.2) is 11.5 Å². The molecule has 1 amide bonds. The highest BCUT2D eigenvalue weighted by Gasteiger charge is 2.51. The molecule has 0 aliphatic heterocycles. The van der Waals surface area contributed by atoms with Crippen molar-refractivity contribution in [3.8, 4) is 11.5 Å². The molecule has 6 nitrogen and oxygen atoms in total. The number of amides is 1. The van der Waals surface area contributed by atoms with E-state index in [1.807, 2.05) is 26.8 Å². The van der Waals surface area contributed by atoms with Crippen molar-refractivity contribution in [2.75, 3.05) is 0 Å². The fraction of sp³-hybridized carbons (Fsp3) is 0.360. The average Bonchev–Trinajstić information content (AvgIpc) is 3.39. The van der Waals surface area contributed by atoms with E-state index in [4.69, 9.17) is 0 Å². The molecular formula is C25H30N2O4. The Labute approximate surface area is 182 Å². The van der Waals surface area contributed by atoms with E-state index in [1.165, 1.54) is 19.1 Å². The maximum atomic E-state index is 12.9. The Balaban J connectivity index is 1.90. The van der Waals surface area contributed by atoms with Gasteiger partial charge in [-0.2, -0.15) is 0 Å². The van der Waals surface area contributed by atoms with E-state index in [0.29, 0.717) is 29.5 Å². The Morgan fingerprint density at radius 2 is 1.77 bits per heavy atom. The maximum Gasteiger partial charge on any atom is 0.234 e. The van der Waals surface area contributed by atoms with Crippen LogP contribution in [0, 0.1) is 0 Å². The highest BCUT2D eigenvalue weighted by Crippen LogP contribution is 2.50. The normalized spacial score (nSPS) is 16.3. The van der Waals surface area contributed by atoms with E-state index in [2.05, 4.69) is 11.9 Å². The summed E-state index contributed by atoms with van der Waals surface area (Å²) in [6, 6.07) is 6.42. The molecule has 0 spiro atoms. The van der Waals surface area contributed by atoms with E-state index >= 15 is 0 Å². The van der Waals surface area contributed by atoms with Crippen LogP contribution in [-0.2, 0) is 15.6 Å². The Morgan fingerprint density at radius 3 is 2.29 bits per heavy atom. The minimum absolute atomic E-state index is 0.0924. The van der Waals surface area contributed by atoms with Crippen LogP contribution < -0.4 is 15.9 Å². The van der Waals surface area contributed by atoms with E-state index in [0.717, 1.165) is 10.9 Å². The van der Waals surface area contributed by atoms with Gasteiger partial charge in [-0.05, 0) is 60.9 Å². The number of benzene rings is 1. The molecule has 1 heterocycles. The Kier molecular flexibility index (Phi) is 5.61. The molecule has 164 valence electrons. The van der Waals surface area contributed by atoms with E-state index in [-0.39, 0.29) is 28.7 Å². The summed E-state index contributed by atoms with van der Waals surface area (Å²) in [6.45, 7) is 13.5. The number of hydrogen-bond donors (Lipinski definition) is 3. The van der Waals surface area contributed by atoms with Gasteiger partial charge in [0.2, 0.25) is 11.8 Å². The van der Waals surface area contributed by atoms with Crippen LogP contribution in [0.1, 0.15) is 63.5 Å². The minimum Gasteiger partial charge on any atom is -0.504 e. The summed E-state index contributed by atoms with van der Waals surface area (Å²) < 4.78 is 1.66. The summed E-state index contributed by atoms with van der Waals surface area (Å²) in [5.41, 5.74) is 1.28. The summed E-state index contributed by atoms with van der Waals surface area (Å²) in [6.07, 6.45) is 4.90. The zero-order valence-electron chi connectivity index (χ0n) is 18.7. The first-order chi connectivity index (χ1) is 14.4. The highest BCUT2D eigenvalue weighted by molar-refractivity contribution is 5.92. The standard InChI is InChI=1S/C25H30N2O4/c1-15-13-22(24(4,5)6)27(17(3)28)19(15)9-7-16(2)26-23(31)25(11-12-25)18-8-10-20(29)21(30)14-18/h7-10,13-14,29-30H,1,11-12H2,2-6H3,(H,26,31)/b16-7+,19-9+. The summed E-state index contributed by atoms with van der Waals surface area (Å²) in [5.74, 6) is -0.699. The largest absolute Gasteiger partial charge is 0.504 e. The number of nitrogens with one attached hydrogen (secondary N) is 1. The summed E-state index contributed by atoms with van der Waals surface area (Å²) >= 11 is 0. The van der Waals surface area contributed by atoms with Crippen molar-refractivity contribution in [3.05, 3.63) is 57.9 Å². The number of phenols is 2. The van der Waals surface area contributed by atoms with Crippen LogP contribution in [-0.4, -0.2) is 26.6 Å². The monoisotopic (exact) mass is 422 g/mol. The van der Waals surface area contributed by atoms with Crippen LogP contribution >= 0.6 is 0 Å². The first kappa shape index (κ1) is 22.4. The minimum atomic E-state index is -0.698. The summed E-state index contributed by atoms with van der Waals surface area (Å²) in [4.78, 5) is 25.2. The molecule has 1 saturated carbocycles. The molecule has 1 aromatic heterocycles. The van der Waals surface area contributed by atoms with Crippen LogP contribution in [0.3, 0.4) is 0 Å². The van der Waals surface area contributed by atoms with Crippen molar-refractivity contribution in [1.29, 1.82) is 0 Å². The number of carbonyl (C=O) groups is 2. The van der Waals surface area contributed by atoms with Gasteiger partial charge in [0.1, 0.15) is 0 Å². The van der Waals surface area contributed by atoms with Gasteiger partial charge in [0, 0.05) is 23.7 Å². The predicted molar refractivity (Wildman–Crippen MR) is 121 cm³/mol. The van der Waals surface area contributed by atoms with Crippen molar-refractivity contribution in [1.82, 2.24) is 9.88 Å². The van der Waals surface area contributed by atoms with Crippen LogP contribution in [0.2, 0.25) is 0 Å². The molecule has 3 N–H and O–H groups in total. The first-order valence-electron chi connectivity index (χ1n) is 10.3. The number of aromatic nitrogens is 1. The van der Waals surface area contributed by atoms with Gasteiger partial charge >= 0.3 is 0 Å². The zero-order chi connectivity index (χ0) is 23.1. The third kappa shape index (κ3) is 4.29. The van der Waals surface area contributed by atoms with E-state index in [1.54, 1.807) is 29.7 Å². The molecule has 1 fully saturated rings. The van der Waals surface area contributed by atoms with Crippen molar-refractivity contribution < 1.29 is 19.8 Å². The number of aromatic hydroxyl groups is 2. The van der Waals surface area contributed by atoms with Gasteiger partial charge in [-0.15, -0.1) is 0 Å². The topological polar surface area (TPSA) is 91.6 Å². The highest BCUT2D eigenvalue weighted by atomic mass is 16.3.